The topological polar surface area (TPSA) is 20.3 Å². The molecule has 0 rings (SSSR count). The Morgan fingerprint density at radius 1 is 1.50 bits per heavy atom. The molecular formula is C8H13NO. The van der Waals surface area contributed by atoms with Crippen molar-refractivity contribution >= 4 is 6.29 Å². The molecule has 56 valence electrons. The van der Waals surface area contributed by atoms with Crippen LogP contribution in [-0.2, 0) is 4.79 Å². The van der Waals surface area contributed by atoms with Crippen LogP contribution in [-0.4, -0.2) is 25.3 Å². The fraction of sp³-hybridized carbons (Fsp3) is 0.375. The van der Waals surface area contributed by atoms with Gasteiger partial charge in [-0.3, -0.25) is 4.79 Å². The quantitative estimate of drug-likeness (QED) is 0.333. The molecule has 0 saturated heterocycles. The summed E-state index contributed by atoms with van der Waals surface area (Å²) >= 11 is 0. The molecule has 0 unspecified atom stereocenters. The van der Waals surface area contributed by atoms with E-state index in [2.05, 4.69) is 6.58 Å². The third-order valence-corrected chi connectivity index (χ3v) is 1.26. The van der Waals surface area contributed by atoms with Crippen molar-refractivity contribution < 1.29 is 4.79 Å². The normalized spacial score (nSPS) is 11.9. The van der Waals surface area contributed by atoms with Crippen LogP contribution in [0, 0.1) is 0 Å². The van der Waals surface area contributed by atoms with Crippen molar-refractivity contribution in [1.29, 1.82) is 0 Å². The summed E-state index contributed by atoms with van der Waals surface area (Å²) in [6.07, 6.45) is 2.50. The van der Waals surface area contributed by atoms with Crippen molar-refractivity contribution in [2.75, 3.05) is 14.1 Å². The van der Waals surface area contributed by atoms with Gasteiger partial charge >= 0.3 is 0 Å². The molecule has 0 saturated carbocycles. The third kappa shape index (κ3) is 2.05. The zero-order chi connectivity index (χ0) is 8.15. The highest BCUT2D eigenvalue weighted by Crippen LogP contribution is 2.04. The Morgan fingerprint density at radius 2 is 2.00 bits per heavy atom. The largest absolute Gasteiger partial charge is 0.377 e. The van der Waals surface area contributed by atoms with Gasteiger partial charge in [-0.15, -0.1) is 0 Å². The molecule has 2 nitrogen and oxygen atoms in total. The second-order valence-electron chi connectivity index (χ2n) is 2.28. The second-order valence-corrected chi connectivity index (χ2v) is 2.28. The first-order valence-corrected chi connectivity index (χ1v) is 3.09. The van der Waals surface area contributed by atoms with E-state index in [9.17, 15) is 4.79 Å². The Bertz CT molecular complexity index is 168. The smallest absolute Gasteiger partial charge is 0.147 e. The second kappa shape index (κ2) is 3.88. The van der Waals surface area contributed by atoms with E-state index >= 15 is 0 Å². The first-order valence-electron chi connectivity index (χ1n) is 3.09. The molecule has 0 amide bonds. The lowest BCUT2D eigenvalue weighted by Crippen LogP contribution is -2.11. The number of carbonyl (C=O) groups is 1. The Labute approximate surface area is 61.8 Å². The molecular weight excluding hydrogens is 126 g/mol. The molecule has 0 aromatic heterocycles. The van der Waals surface area contributed by atoms with Gasteiger partial charge in [-0.25, -0.2) is 0 Å². The molecule has 0 atom stereocenters. The number of allylic oxidation sites excluding steroid dienone is 2. The molecule has 0 bridgehead atoms. The van der Waals surface area contributed by atoms with Crippen molar-refractivity contribution in [3.8, 4) is 0 Å². The summed E-state index contributed by atoms with van der Waals surface area (Å²) in [5, 5.41) is 0. The Balaban J connectivity index is 4.61. The van der Waals surface area contributed by atoms with E-state index in [-0.39, 0.29) is 0 Å². The molecule has 0 aromatic carbocycles. The van der Waals surface area contributed by atoms with Gasteiger partial charge < -0.3 is 4.90 Å². The van der Waals surface area contributed by atoms with E-state index in [1.54, 1.807) is 13.0 Å². The van der Waals surface area contributed by atoms with Crippen LogP contribution in [0.2, 0.25) is 0 Å². The minimum absolute atomic E-state index is 0.708. The number of nitrogens with zero attached hydrogens (tertiary/aromatic N) is 1. The van der Waals surface area contributed by atoms with Gasteiger partial charge in [0.15, 0.2) is 0 Å². The summed E-state index contributed by atoms with van der Waals surface area (Å²) in [5.74, 6) is 0. The van der Waals surface area contributed by atoms with Gasteiger partial charge in [0, 0.05) is 25.4 Å². The first-order chi connectivity index (χ1) is 4.63. The Morgan fingerprint density at radius 3 is 2.10 bits per heavy atom. The van der Waals surface area contributed by atoms with E-state index in [4.69, 9.17) is 0 Å². The minimum Gasteiger partial charge on any atom is -0.377 e. The molecule has 0 N–H and O–H groups in total. The van der Waals surface area contributed by atoms with E-state index in [1.807, 2.05) is 19.0 Å². The molecule has 0 aliphatic heterocycles. The summed E-state index contributed by atoms with van der Waals surface area (Å²) in [4.78, 5) is 12.1. The molecule has 0 aliphatic rings. The molecule has 0 aromatic rings. The lowest BCUT2D eigenvalue weighted by molar-refractivity contribution is -0.105. The zero-order valence-corrected chi connectivity index (χ0v) is 6.72. The number of rotatable bonds is 3. The van der Waals surface area contributed by atoms with Gasteiger partial charge in [0.25, 0.3) is 0 Å². The standard InChI is InChI=1S/C8H13NO/c1-5-8(9(3)4)7(2)6-10/h5-6H,1H2,2-4H3. The molecule has 0 radical (unpaired) electrons. The van der Waals surface area contributed by atoms with E-state index in [1.165, 1.54) is 0 Å². The van der Waals surface area contributed by atoms with Crippen LogP contribution in [0.15, 0.2) is 23.9 Å². The highest BCUT2D eigenvalue weighted by molar-refractivity contribution is 5.74. The van der Waals surface area contributed by atoms with E-state index in [0.29, 0.717) is 5.57 Å². The molecule has 2 heteroatoms. The summed E-state index contributed by atoms with van der Waals surface area (Å²) in [6.45, 7) is 5.36. The molecule has 0 heterocycles. The molecule has 0 fully saturated rings. The van der Waals surface area contributed by atoms with Gasteiger partial charge in [-0.1, -0.05) is 6.58 Å². The van der Waals surface area contributed by atoms with Crippen molar-refractivity contribution in [3.63, 3.8) is 0 Å². The number of likely N-dealkylation sites (N-methyl/N-ethyl adjacent to an activating group) is 1. The third-order valence-electron chi connectivity index (χ3n) is 1.26. The fourth-order valence-corrected chi connectivity index (χ4v) is 0.757. The highest BCUT2D eigenvalue weighted by atomic mass is 16.1. The van der Waals surface area contributed by atoms with Crippen LogP contribution < -0.4 is 0 Å². The van der Waals surface area contributed by atoms with Crippen molar-refractivity contribution in [2.24, 2.45) is 0 Å². The van der Waals surface area contributed by atoms with Gasteiger partial charge in [0.1, 0.15) is 6.29 Å². The SMILES string of the molecule is C=CC(=C(C)C=O)N(C)C. The fourth-order valence-electron chi connectivity index (χ4n) is 0.757. The summed E-state index contributed by atoms with van der Waals surface area (Å²) in [7, 11) is 3.76. The van der Waals surface area contributed by atoms with Gasteiger partial charge in [-0.2, -0.15) is 0 Å². The Kier molecular flexibility index (Phi) is 3.47. The molecule has 10 heavy (non-hydrogen) atoms. The monoisotopic (exact) mass is 139 g/mol. The van der Waals surface area contributed by atoms with Crippen molar-refractivity contribution in [1.82, 2.24) is 4.90 Å². The van der Waals surface area contributed by atoms with E-state index < -0.39 is 0 Å². The maximum Gasteiger partial charge on any atom is 0.147 e. The van der Waals surface area contributed by atoms with Crippen LogP contribution in [0.1, 0.15) is 6.92 Å². The predicted octanol–water partition coefficient (Wildman–Crippen LogP) is 1.21. The zero-order valence-electron chi connectivity index (χ0n) is 6.72. The first kappa shape index (κ1) is 8.95. The number of hydrogen-bond acceptors (Lipinski definition) is 2. The van der Waals surface area contributed by atoms with Gasteiger partial charge in [0.05, 0.1) is 0 Å². The summed E-state index contributed by atoms with van der Waals surface area (Å²) in [6, 6.07) is 0. The number of hydrogen-bond donors (Lipinski definition) is 0. The maximum absolute atomic E-state index is 10.3. The predicted molar refractivity (Wildman–Crippen MR) is 42.6 cm³/mol. The summed E-state index contributed by atoms with van der Waals surface area (Å²) < 4.78 is 0. The minimum atomic E-state index is 0.708. The lowest BCUT2D eigenvalue weighted by Gasteiger charge is -2.14. The Hall–Kier alpha value is -1.05. The van der Waals surface area contributed by atoms with Crippen LogP contribution in [0.5, 0.6) is 0 Å². The number of carbonyl (C=O) groups excluding carboxylic acids is 1. The van der Waals surface area contributed by atoms with Crippen LogP contribution in [0.25, 0.3) is 0 Å². The summed E-state index contributed by atoms with van der Waals surface area (Å²) in [5.41, 5.74) is 1.58. The highest BCUT2D eigenvalue weighted by Gasteiger charge is 1.97. The van der Waals surface area contributed by atoms with Gasteiger partial charge in [-0.05, 0) is 13.0 Å². The lowest BCUT2D eigenvalue weighted by atomic mass is 10.2. The van der Waals surface area contributed by atoms with Crippen molar-refractivity contribution in [2.45, 2.75) is 6.92 Å². The van der Waals surface area contributed by atoms with Crippen LogP contribution >= 0.6 is 0 Å². The van der Waals surface area contributed by atoms with Crippen molar-refractivity contribution in [3.05, 3.63) is 23.9 Å². The average Bonchev–Trinajstić information content (AvgIpc) is 1.88. The maximum atomic E-state index is 10.3. The van der Waals surface area contributed by atoms with E-state index in [0.717, 1.165) is 12.0 Å². The average molecular weight is 139 g/mol. The molecule has 0 aliphatic carbocycles. The van der Waals surface area contributed by atoms with Gasteiger partial charge in [0.2, 0.25) is 0 Å². The molecule has 0 spiro atoms. The van der Waals surface area contributed by atoms with Crippen LogP contribution in [0.4, 0.5) is 0 Å². The number of aldehydes is 1. The van der Waals surface area contributed by atoms with Crippen LogP contribution in [0.3, 0.4) is 0 Å².